The number of oxazole rings is 1. The minimum absolute atomic E-state index is 0.121. The second kappa shape index (κ2) is 6.58. The van der Waals surface area contributed by atoms with E-state index < -0.39 is 34.1 Å². The highest BCUT2D eigenvalue weighted by Gasteiger charge is 2.41. The summed E-state index contributed by atoms with van der Waals surface area (Å²) in [6.45, 7) is 0. The van der Waals surface area contributed by atoms with E-state index in [1.165, 1.54) is 25.4 Å². The molecule has 0 bridgehead atoms. The molecule has 0 saturated carbocycles. The van der Waals surface area contributed by atoms with E-state index in [-0.39, 0.29) is 11.6 Å². The molecule has 4 rings (SSSR count). The SMILES string of the molecule is COc1nccc2c(-n3ncc(-c4cnc([N+](=O)[O-])o4)c3C(F)(F)F)cccc12. The minimum Gasteiger partial charge on any atom is -0.481 e. The van der Waals surface area contributed by atoms with Crippen LogP contribution < -0.4 is 4.74 Å². The molecule has 0 unspecified atom stereocenters. The van der Waals surface area contributed by atoms with Gasteiger partial charge in [0.05, 0.1) is 24.6 Å². The van der Waals surface area contributed by atoms with Gasteiger partial charge in [-0.2, -0.15) is 18.3 Å². The molecule has 12 heteroatoms. The van der Waals surface area contributed by atoms with Crippen LogP contribution in [0.3, 0.4) is 0 Å². The predicted molar refractivity (Wildman–Crippen MR) is 92.6 cm³/mol. The lowest BCUT2D eigenvalue weighted by Gasteiger charge is -2.14. The molecule has 4 aromatic rings. The minimum atomic E-state index is -4.84. The quantitative estimate of drug-likeness (QED) is 0.373. The Labute approximate surface area is 159 Å². The van der Waals surface area contributed by atoms with Crippen molar-refractivity contribution in [2.24, 2.45) is 0 Å². The van der Waals surface area contributed by atoms with Gasteiger partial charge in [0.15, 0.2) is 17.7 Å². The van der Waals surface area contributed by atoms with Crippen LogP contribution in [0.1, 0.15) is 5.69 Å². The van der Waals surface area contributed by atoms with E-state index in [1.807, 2.05) is 0 Å². The van der Waals surface area contributed by atoms with Gasteiger partial charge in [0.1, 0.15) is 0 Å². The first-order chi connectivity index (χ1) is 13.8. The first kappa shape index (κ1) is 18.4. The Kier molecular flexibility index (Phi) is 4.18. The zero-order chi connectivity index (χ0) is 20.8. The van der Waals surface area contributed by atoms with Crippen LogP contribution in [0, 0.1) is 10.1 Å². The molecule has 9 nitrogen and oxygen atoms in total. The van der Waals surface area contributed by atoms with E-state index in [0.717, 1.165) is 12.4 Å². The van der Waals surface area contributed by atoms with Crippen molar-refractivity contribution < 1.29 is 27.2 Å². The Morgan fingerprint density at radius 3 is 2.62 bits per heavy atom. The van der Waals surface area contributed by atoms with E-state index in [1.54, 1.807) is 12.1 Å². The maximum atomic E-state index is 13.9. The molecule has 0 fully saturated rings. The number of hydrogen-bond acceptors (Lipinski definition) is 7. The molecule has 1 aromatic carbocycles. The molecule has 0 atom stereocenters. The van der Waals surface area contributed by atoms with Crippen LogP contribution in [0.2, 0.25) is 0 Å². The molecular formula is C17H10F3N5O4. The summed E-state index contributed by atoms with van der Waals surface area (Å²) in [7, 11) is 1.40. The standard InChI is InChI=1S/C17H10F3N5O4/c1-28-15-10-3-2-4-12(9(10)5-6-21-15)24-14(17(18,19)20)11(7-23-24)13-8-22-16(29-13)25(26)27/h2-8H,1H3. The molecular weight excluding hydrogens is 395 g/mol. The number of halogens is 3. The number of aromatic nitrogens is 4. The lowest BCUT2D eigenvalue weighted by atomic mass is 10.1. The summed E-state index contributed by atoms with van der Waals surface area (Å²) in [6, 6.07) is 5.27. The van der Waals surface area contributed by atoms with Crippen LogP contribution in [0.15, 0.2) is 47.3 Å². The topological polar surface area (TPSA) is 109 Å². The number of ether oxygens (including phenoxy) is 1. The number of rotatable bonds is 4. The third kappa shape index (κ3) is 3.03. The highest BCUT2D eigenvalue weighted by molar-refractivity contribution is 5.93. The van der Waals surface area contributed by atoms with E-state index in [4.69, 9.17) is 9.15 Å². The zero-order valence-electron chi connectivity index (χ0n) is 14.5. The van der Waals surface area contributed by atoms with Gasteiger partial charge < -0.3 is 19.3 Å². The van der Waals surface area contributed by atoms with Crippen LogP contribution in [0.5, 0.6) is 5.88 Å². The summed E-state index contributed by atoms with van der Waals surface area (Å²) in [6.07, 6.45) is -1.66. The third-order valence-corrected chi connectivity index (χ3v) is 4.12. The molecule has 3 aromatic heterocycles. The Bertz CT molecular complexity index is 1230. The summed E-state index contributed by atoms with van der Waals surface area (Å²) in [4.78, 5) is 17.2. The molecule has 0 amide bonds. The molecule has 0 N–H and O–H groups in total. The third-order valence-electron chi connectivity index (χ3n) is 4.12. The van der Waals surface area contributed by atoms with Crippen molar-refractivity contribution in [2.75, 3.05) is 7.11 Å². The number of benzene rings is 1. The Hall–Kier alpha value is -3.96. The molecule has 0 radical (unpaired) electrons. The van der Waals surface area contributed by atoms with Gasteiger partial charge in [0.2, 0.25) is 5.88 Å². The Balaban J connectivity index is 1.98. The molecule has 0 aliphatic carbocycles. The number of methoxy groups -OCH3 is 1. The van der Waals surface area contributed by atoms with Crippen molar-refractivity contribution in [3.05, 3.63) is 58.7 Å². The van der Waals surface area contributed by atoms with Gasteiger partial charge in [0, 0.05) is 21.9 Å². The van der Waals surface area contributed by atoms with Crippen molar-refractivity contribution in [1.29, 1.82) is 0 Å². The molecule has 29 heavy (non-hydrogen) atoms. The fourth-order valence-electron chi connectivity index (χ4n) is 2.97. The number of fused-ring (bicyclic) bond motifs is 1. The van der Waals surface area contributed by atoms with Crippen molar-refractivity contribution in [1.82, 2.24) is 19.7 Å². The largest absolute Gasteiger partial charge is 0.546 e. The van der Waals surface area contributed by atoms with Crippen molar-refractivity contribution >= 4 is 16.8 Å². The van der Waals surface area contributed by atoms with Gasteiger partial charge >= 0.3 is 12.2 Å². The summed E-state index contributed by atoms with van der Waals surface area (Å²) in [5.74, 6) is -0.175. The number of pyridine rings is 1. The maximum Gasteiger partial charge on any atom is 0.546 e. The summed E-state index contributed by atoms with van der Waals surface area (Å²) in [5, 5.41) is 15.5. The van der Waals surface area contributed by atoms with Gasteiger partial charge in [-0.15, -0.1) is 0 Å². The van der Waals surface area contributed by atoms with E-state index >= 15 is 0 Å². The van der Waals surface area contributed by atoms with Crippen molar-refractivity contribution in [3.63, 3.8) is 0 Å². The molecule has 0 spiro atoms. The molecule has 148 valence electrons. The van der Waals surface area contributed by atoms with Crippen LogP contribution >= 0.6 is 0 Å². The summed E-state index contributed by atoms with van der Waals surface area (Å²) < 4.78 is 52.5. The second-order valence-electron chi connectivity index (χ2n) is 5.77. The van der Waals surface area contributed by atoms with Gasteiger partial charge in [-0.1, -0.05) is 6.07 Å². The Morgan fingerprint density at radius 2 is 1.97 bits per heavy atom. The fraction of sp³-hybridized carbons (Fsp3) is 0.118. The number of nitro groups is 1. The second-order valence-corrected chi connectivity index (χ2v) is 5.77. The monoisotopic (exact) mass is 405 g/mol. The summed E-state index contributed by atoms with van der Waals surface area (Å²) >= 11 is 0. The van der Waals surface area contributed by atoms with Gasteiger partial charge in [-0.3, -0.25) is 0 Å². The highest BCUT2D eigenvalue weighted by atomic mass is 19.4. The highest BCUT2D eigenvalue weighted by Crippen LogP contribution is 2.40. The zero-order valence-corrected chi connectivity index (χ0v) is 14.5. The molecule has 0 aliphatic heterocycles. The predicted octanol–water partition coefficient (Wildman–Crippen LogP) is 4.01. The van der Waals surface area contributed by atoms with E-state index in [2.05, 4.69) is 15.1 Å². The number of nitrogens with zero attached hydrogens (tertiary/aromatic N) is 5. The van der Waals surface area contributed by atoms with E-state index in [9.17, 15) is 23.3 Å². The van der Waals surface area contributed by atoms with E-state index in [0.29, 0.717) is 15.5 Å². The normalized spacial score (nSPS) is 11.7. The maximum absolute atomic E-state index is 13.9. The first-order valence-electron chi connectivity index (χ1n) is 7.99. The first-order valence-corrected chi connectivity index (χ1v) is 7.99. The molecule has 0 saturated heterocycles. The fourth-order valence-corrected chi connectivity index (χ4v) is 2.97. The Morgan fingerprint density at radius 1 is 1.17 bits per heavy atom. The lowest BCUT2D eigenvalue weighted by molar-refractivity contribution is -0.406. The van der Waals surface area contributed by atoms with Crippen LogP contribution in [-0.4, -0.2) is 31.8 Å². The van der Waals surface area contributed by atoms with Crippen LogP contribution in [0.4, 0.5) is 19.2 Å². The van der Waals surface area contributed by atoms with Gasteiger partial charge in [-0.25, -0.2) is 9.67 Å². The van der Waals surface area contributed by atoms with Crippen LogP contribution in [-0.2, 0) is 6.18 Å². The average Bonchev–Trinajstić information content (AvgIpc) is 3.33. The van der Waals surface area contributed by atoms with Gasteiger partial charge in [0.25, 0.3) is 0 Å². The van der Waals surface area contributed by atoms with Crippen LogP contribution in [0.25, 0.3) is 27.8 Å². The van der Waals surface area contributed by atoms with Crippen molar-refractivity contribution in [2.45, 2.75) is 6.18 Å². The number of alkyl halides is 3. The molecule has 3 heterocycles. The lowest BCUT2D eigenvalue weighted by Crippen LogP contribution is -2.14. The smallest absolute Gasteiger partial charge is 0.481 e. The summed E-state index contributed by atoms with van der Waals surface area (Å²) in [5.41, 5.74) is -1.52. The van der Waals surface area contributed by atoms with Crippen molar-refractivity contribution in [3.8, 4) is 22.9 Å². The number of hydrogen-bond donors (Lipinski definition) is 0. The molecule has 0 aliphatic rings. The van der Waals surface area contributed by atoms with Gasteiger partial charge in [-0.05, 0) is 23.2 Å². The average molecular weight is 405 g/mol.